The van der Waals surface area contributed by atoms with Crippen molar-refractivity contribution in [3.05, 3.63) is 108 Å². The fraction of sp³-hybridized carbons (Fsp3) is 0.257. The second-order valence-corrected chi connectivity index (χ2v) is 14.5. The molecule has 7 rings (SSSR count). The predicted molar refractivity (Wildman–Crippen MR) is 178 cm³/mol. The summed E-state index contributed by atoms with van der Waals surface area (Å²) < 4.78 is 38.8. The molecule has 0 saturated carbocycles. The molecule has 0 spiro atoms. The van der Waals surface area contributed by atoms with Gasteiger partial charge in [-0.05, 0) is 76.8 Å². The molecular weight excluding hydrogens is 577 g/mol. The number of anilines is 2. The molecule has 2 atom stereocenters. The lowest BCUT2D eigenvalue weighted by Crippen LogP contribution is -2.30. The molecule has 220 valence electrons. The van der Waals surface area contributed by atoms with E-state index in [1.165, 1.54) is 21.4 Å². The molecule has 2 heterocycles. The van der Waals surface area contributed by atoms with Crippen LogP contribution in [0.15, 0.2) is 113 Å². The third-order valence-electron chi connectivity index (χ3n) is 8.45. The molecule has 4 aromatic rings. The van der Waals surface area contributed by atoms with Crippen molar-refractivity contribution in [3.63, 3.8) is 0 Å². The number of rotatable bonds is 6. The minimum atomic E-state index is -4.02. The molecule has 0 radical (unpaired) electrons. The average Bonchev–Trinajstić information content (AvgIpc) is 3.47. The molecule has 1 aliphatic carbocycles. The molecule has 0 fully saturated rings. The summed E-state index contributed by atoms with van der Waals surface area (Å²) in [7, 11) is -1.97. The molecule has 0 saturated heterocycles. The largest absolute Gasteiger partial charge is 0.439 e. The summed E-state index contributed by atoms with van der Waals surface area (Å²) in [6.07, 6.45) is 9.09. The summed E-state index contributed by atoms with van der Waals surface area (Å²) in [5.41, 5.74) is 4.71. The van der Waals surface area contributed by atoms with Crippen LogP contribution in [0.25, 0.3) is 21.5 Å². The minimum absolute atomic E-state index is 0.0229. The molecule has 6 nitrogen and oxygen atoms in total. The highest BCUT2D eigenvalue weighted by Gasteiger charge is 2.31. The zero-order valence-electron chi connectivity index (χ0n) is 24.2. The van der Waals surface area contributed by atoms with E-state index in [0.717, 1.165) is 52.0 Å². The molecule has 1 N–H and O–H groups in total. The smallest absolute Gasteiger partial charge is 0.264 e. The highest BCUT2D eigenvalue weighted by atomic mass is 32.2. The third kappa shape index (κ3) is 5.67. The van der Waals surface area contributed by atoms with Crippen LogP contribution in [0.2, 0.25) is 0 Å². The van der Waals surface area contributed by atoms with Crippen LogP contribution in [0.3, 0.4) is 0 Å². The van der Waals surface area contributed by atoms with Crippen LogP contribution in [-0.4, -0.2) is 37.7 Å². The normalized spacial score (nSPS) is 21.9. The topological polar surface area (TPSA) is 70.1 Å². The summed E-state index contributed by atoms with van der Waals surface area (Å²) in [5.74, 6) is 1.92. The first kappa shape index (κ1) is 28.1. The van der Waals surface area contributed by atoms with E-state index in [-0.39, 0.29) is 11.1 Å². The molecule has 3 aliphatic rings. The first-order valence-electron chi connectivity index (χ1n) is 14.7. The Morgan fingerprint density at radius 1 is 1.00 bits per heavy atom. The van der Waals surface area contributed by atoms with Crippen molar-refractivity contribution in [2.45, 2.75) is 36.5 Å². The second-order valence-electron chi connectivity index (χ2n) is 11.8. The van der Waals surface area contributed by atoms with E-state index < -0.39 is 10.1 Å². The van der Waals surface area contributed by atoms with E-state index in [9.17, 15) is 13.0 Å². The van der Waals surface area contributed by atoms with Crippen molar-refractivity contribution in [1.29, 1.82) is 0 Å². The van der Waals surface area contributed by atoms with Crippen molar-refractivity contribution < 1.29 is 17.7 Å². The first-order valence-corrected chi connectivity index (χ1v) is 17.2. The number of nitrogens with zero attached hydrogens (tertiary/aromatic N) is 2. The van der Waals surface area contributed by atoms with Gasteiger partial charge < -0.3 is 14.5 Å². The van der Waals surface area contributed by atoms with Crippen LogP contribution in [-0.2, 0) is 10.1 Å². The SMILES string of the molecule is CC1CC(C=C2Oc3cc4ccccc4cc3N2C)=CC(=CC2Sc3ccc4ccccc4c3N2CCCS(=O)(=O)O)C1. The van der Waals surface area contributed by atoms with Crippen molar-refractivity contribution >= 4 is 54.8 Å². The van der Waals surface area contributed by atoms with Crippen molar-refractivity contribution in [1.82, 2.24) is 0 Å². The van der Waals surface area contributed by atoms with Gasteiger partial charge in [0.2, 0.25) is 5.88 Å². The zero-order valence-corrected chi connectivity index (χ0v) is 25.9. The van der Waals surface area contributed by atoms with E-state index >= 15 is 0 Å². The molecule has 0 amide bonds. The van der Waals surface area contributed by atoms with Gasteiger partial charge in [-0.2, -0.15) is 8.42 Å². The molecule has 4 aromatic carbocycles. The fourth-order valence-electron chi connectivity index (χ4n) is 6.50. The maximum Gasteiger partial charge on any atom is 0.264 e. The van der Waals surface area contributed by atoms with Gasteiger partial charge in [-0.25, -0.2) is 0 Å². The van der Waals surface area contributed by atoms with Gasteiger partial charge in [0.15, 0.2) is 5.75 Å². The summed E-state index contributed by atoms with van der Waals surface area (Å²) in [6.45, 7) is 2.82. The van der Waals surface area contributed by atoms with E-state index in [1.54, 1.807) is 11.8 Å². The molecular formula is C35H34N2O4S2. The lowest BCUT2D eigenvalue weighted by molar-refractivity contribution is 0.442. The molecule has 43 heavy (non-hydrogen) atoms. The van der Waals surface area contributed by atoms with Crippen LogP contribution >= 0.6 is 11.8 Å². The predicted octanol–water partition coefficient (Wildman–Crippen LogP) is 8.16. The number of fused-ring (bicyclic) bond motifs is 5. The highest BCUT2D eigenvalue weighted by molar-refractivity contribution is 8.00. The van der Waals surface area contributed by atoms with E-state index in [0.29, 0.717) is 18.9 Å². The highest BCUT2D eigenvalue weighted by Crippen LogP contribution is 2.49. The van der Waals surface area contributed by atoms with Gasteiger partial charge in [0, 0.05) is 30.0 Å². The maximum absolute atomic E-state index is 11.5. The van der Waals surface area contributed by atoms with E-state index in [4.69, 9.17) is 4.74 Å². The Labute approximate surface area is 257 Å². The van der Waals surface area contributed by atoms with Crippen molar-refractivity contribution in [2.24, 2.45) is 5.92 Å². The lowest BCUT2D eigenvalue weighted by Gasteiger charge is -2.27. The van der Waals surface area contributed by atoms with Gasteiger partial charge in [-0.3, -0.25) is 4.55 Å². The summed E-state index contributed by atoms with van der Waals surface area (Å²) in [5, 5.41) is 4.69. The van der Waals surface area contributed by atoms with Crippen molar-refractivity contribution in [3.8, 4) is 5.75 Å². The van der Waals surface area contributed by atoms with Crippen LogP contribution < -0.4 is 14.5 Å². The Balaban J connectivity index is 1.20. The monoisotopic (exact) mass is 610 g/mol. The maximum atomic E-state index is 11.5. The second kappa shape index (κ2) is 11.1. The Kier molecular flexibility index (Phi) is 7.24. The quantitative estimate of drug-likeness (QED) is 0.221. The van der Waals surface area contributed by atoms with Crippen LogP contribution in [0.4, 0.5) is 11.4 Å². The van der Waals surface area contributed by atoms with Gasteiger partial charge in [0.1, 0.15) is 0 Å². The number of benzene rings is 4. The average molecular weight is 611 g/mol. The van der Waals surface area contributed by atoms with Gasteiger partial charge in [0.05, 0.1) is 22.5 Å². The summed E-state index contributed by atoms with van der Waals surface area (Å²) in [6, 6.07) is 25.3. The van der Waals surface area contributed by atoms with Gasteiger partial charge in [-0.15, -0.1) is 0 Å². The minimum Gasteiger partial charge on any atom is -0.439 e. The number of ether oxygens (including phenoxy) is 1. The number of allylic oxidation sites excluding steroid dienone is 4. The molecule has 8 heteroatoms. The van der Waals surface area contributed by atoms with E-state index in [1.807, 2.05) is 18.2 Å². The van der Waals surface area contributed by atoms with Gasteiger partial charge >= 0.3 is 0 Å². The Hall–Kier alpha value is -3.72. The van der Waals surface area contributed by atoms with Crippen molar-refractivity contribution in [2.75, 3.05) is 29.1 Å². The zero-order chi connectivity index (χ0) is 29.7. The molecule has 0 bridgehead atoms. The van der Waals surface area contributed by atoms with E-state index in [2.05, 4.69) is 96.6 Å². The molecule has 0 aromatic heterocycles. The molecule has 2 aliphatic heterocycles. The lowest BCUT2D eigenvalue weighted by atomic mass is 9.86. The standard InChI is InChI=1S/C35H34N2O4S2/c1-23-16-24(19-33-36(2)30-21-27-9-3-4-10-28(27)22-31(30)41-33)18-25(17-23)20-34-37(14-7-15-43(38,39)40)35-29-11-6-5-8-26(29)12-13-32(35)42-34/h3-6,8-13,18-23,34H,7,14-17H2,1-2H3,(H,38,39,40). The third-order valence-corrected chi connectivity index (χ3v) is 10.5. The Morgan fingerprint density at radius 2 is 1.74 bits per heavy atom. The van der Waals surface area contributed by atoms with Crippen LogP contribution in [0.1, 0.15) is 26.2 Å². The number of hydrogen-bond acceptors (Lipinski definition) is 6. The fourth-order valence-corrected chi connectivity index (χ4v) is 8.32. The van der Waals surface area contributed by atoms with Gasteiger partial charge in [0.25, 0.3) is 10.1 Å². The van der Waals surface area contributed by atoms with Crippen LogP contribution in [0.5, 0.6) is 5.75 Å². The summed E-state index contributed by atoms with van der Waals surface area (Å²) in [4.78, 5) is 5.62. The Bertz CT molecular complexity index is 1950. The van der Waals surface area contributed by atoms with Gasteiger partial charge in [-0.1, -0.05) is 79.4 Å². The molecule has 2 unspecified atom stereocenters. The first-order chi connectivity index (χ1) is 20.7. The summed E-state index contributed by atoms with van der Waals surface area (Å²) >= 11 is 1.80. The Morgan fingerprint density at radius 3 is 2.53 bits per heavy atom. The number of thioether (sulfide) groups is 1. The number of hydrogen-bond donors (Lipinski definition) is 1. The van der Waals surface area contributed by atoms with Crippen LogP contribution in [0, 0.1) is 5.92 Å².